The Hall–Kier alpha value is -0.370. The van der Waals surface area contributed by atoms with Gasteiger partial charge in [-0.2, -0.15) is 0 Å². The van der Waals surface area contributed by atoms with E-state index in [0.717, 1.165) is 0 Å². The van der Waals surface area contributed by atoms with Gasteiger partial charge in [0.05, 0.1) is 0 Å². The third-order valence-corrected chi connectivity index (χ3v) is 0.594. The van der Waals surface area contributed by atoms with Gasteiger partial charge in [-0.15, -0.1) is 0 Å². The molecule has 7 heavy (non-hydrogen) atoms. The molecule has 0 radical (unpaired) electrons. The number of ether oxygens (including phenoxy) is 1. The SMILES string of the molecule is C=C(C)C(F)OC. The van der Waals surface area contributed by atoms with Crippen molar-refractivity contribution in [2.45, 2.75) is 13.3 Å². The molecule has 0 aliphatic heterocycles. The van der Waals surface area contributed by atoms with E-state index in [-0.39, 0.29) is 0 Å². The zero-order valence-corrected chi connectivity index (χ0v) is 4.57. The van der Waals surface area contributed by atoms with Crippen molar-refractivity contribution in [1.29, 1.82) is 0 Å². The van der Waals surface area contributed by atoms with E-state index in [9.17, 15) is 4.39 Å². The summed E-state index contributed by atoms with van der Waals surface area (Å²) in [6.45, 7) is 4.90. The Morgan fingerprint density at radius 1 is 1.86 bits per heavy atom. The highest BCUT2D eigenvalue weighted by atomic mass is 19.1. The average molecular weight is 104 g/mol. The Bertz CT molecular complexity index is 70.5. The molecule has 0 aliphatic carbocycles. The minimum atomic E-state index is -1.29. The molecule has 1 atom stereocenters. The lowest BCUT2D eigenvalue weighted by atomic mass is 10.4. The standard InChI is InChI=1S/C5H9FO/c1-4(2)5(6)7-3/h5H,1H2,2-3H3. The molecule has 1 unspecified atom stereocenters. The fourth-order valence-electron chi connectivity index (χ4n) is 0.201. The summed E-state index contributed by atoms with van der Waals surface area (Å²) in [6, 6.07) is 0. The zero-order chi connectivity index (χ0) is 5.86. The van der Waals surface area contributed by atoms with Gasteiger partial charge in [-0.1, -0.05) is 6.58 Å². The molecule has 1 nitrogen and oxygen atoms in total. The second-order valence-corrected chi connectivity index (χ2v) is 1.40. The molecule has 0 saturated carbocycles. The first kappa shape index (κ1) is 6.63. The van der Waals surface area contributed by atoms with Crippen molar-refractivity contribution in [3.63, 3.8) is 0 Å². The molecular formula is C5H9FO. The molecule has 0 aromatic carbocycles. The Labute approximate surface area is 42.8 Å². The Balaban J connectivity index is 3.34. The summed E-state index contributed by atoms with van der Waals surface area (Å²) in [6.07, 6.45) is -1.29. The van der Waals surface area contributed by atoms with Crippen LogP contribution in [0.1, 0.15) is 6.92 Å². The molecule has 0 amide bonds. The fraction of sp³-hybridized carbons (Fsp3) is 0.600. The molecule has 0 aromatic rings. The molecular weight excluding hydrogens is 95.1 g/mol. The van der Waals surface area contributed by atoms with Gasteiger partial charge in [-0.3, -0.25) is 0 Å². The average Bonchev–Trinajstić information content (AvgIpc) is 1.65. The maximum Gasteiger partial charge on any atom is 0.220 e. The third-order valence-electron chi connectivity index (χ3n) is 0.594. The van der Waals surface area contributed by atoms with Crippen molar-refractivity contribution in [1.82, 2.24) is 0 Å². The molecule has 0 spiro atoms. The monoisotopic (exact) mass is 104 g/mol. The van der Waals surface area contributed by atoms with E-state index in [1.54, 1.807) is 6.92 Å². The smallest absolute Gasteiger partial charge is 0.220 e. The predicted molar refractivity (Wildman–Crippen MR) is 26.7 cm³/mol. The zero-order valence-electron chi connectivity index (χ0n) is 4.57. The highest BCUT2D eigenvalue weighted by Crippen LogP contribution is 2.01. The van der Waals surface area contributed by atoms with Crippen LogP contribution in [-0.2, 0) is 4.74 Å². The van der Waals surface area contributed by atoms with Gasteiger partial charge in [0.2, 0.25) is 6.36 Å². The van der Waals surface area contributed by atoms with E-state index in [1.807, 2.05) is 0 Å². The summed E-state index contributed by atoms with van der Waals surface area (Å²) in [5.74, 6) is 0. The molecule has 0 aromatic heterocycles. The van der Waals surface area contributed by atoms with E-state index >= 15 is 0 Å². The number of hydrogen-bond donors (Lipinski definition) is 0. The van der Waals surface area contributed by atoms with E-state index in [1.165, 1.54) is 7.11 Å². The summed E-state index contributed by atoms with van der Waals surface area (Å²) in [7, 11) is 1.30. The first-order chi connectivity index (χ1) is 3.18. The van der Waals surface area contributed by atoms with Gasteiger partial charge in [-0.05, 0) is 12.5 Å². The predicted octanol–water partition coefficient (Wildman–Crippen LogP) is 1.50. The summed E-state index contributed by atoms with van der Waals surface area (Å²) >= 11 is 0. The second kappa shape index (κ2) is 2.75. The highest BCUT2D eigenvalue weighted by Gasteiger charge is 2.00. The normalized spacial score (nSPS) is 13.6. The van der Waals surface area contributed by atoms with Crippen molar-refractivity contribution in [3.8, 4) is 0 Å². The maximum atomic E-state index is 11.9. The van der Waals surface area contributed by atoms with Crippen molar-refractivity contribution in [2.24, 2.45) is 0 Å². The number of hydrogen-bond acceptors (Lipinski definition) is 1. The Morgan fingerprint density at radius 2 is 2.29 bits per heavy atom. The van der Waals surface area contributed by atoms with E-state index in [2.05, 4.69) is 11.3 Å². The Kier molecular flexibility index (Phi) is 2.60. The van der Waals surface area contributed by atoms with Crippen LogP contribution in [-0.4, -0.2) is 13.5 Å². The van der Waals surface area contributed by atoms with Crippen LogP contribution >= 0.6 is 0 Å². The molecule has 0 saturated heterocycles. The van der Waals surface area contributed by atoms with Gasteiger partial charge in [0.1, 0.15) is 0 Å². The summed E-state index contributed by atoms with van der Waals surface area (Å²) in [5.41, 5.74) is 0.405. The van der Waals surface area contributed by atoms with Gasteiger partial charge in [-0.25, -0.2) is 4.39 Å². The van der Waals surface area contributed by atoms with Crippen LogP contribution in [0.3, 0.4) is 0 Å². The molecule has 0 rings (SSSR count). The number of halogens is 1. The van der Waals surface area contributed by atoms with Crippen LogP contribution in [0.2, 0.25) is 0 Å². The topological polar surface area (TPSA) is 9.23 Å². The highest BCUT2D eigenvalue weighted by molar-refractivity contribution is 4.91. The van der Waals surface area contributed by atoms with Gasteiger partial charge < -0.3 is 4.74 Å². The first-order valence-electron chi connectivity index (χ1n) is 2.00. The lowest BCUT2D eigenvalue weighted by Gasteiger charge is -2.01. The molecule has 0 heterocycles. The molecule has 0 aliphatic rings. The van der Waals surface area contributed by atoms with Gasteiger partial charge in [0, 0.05) is 7.11 Å². The molecule has 0 bridgehead atoms. The molecule has 0 fully saturated rings. The van der Waals surface area contributed by atoms with Crippen LogP contribution < -0.4 is 0 Å². The van der Waals surface area contributed by atoms with Crippen molar-refractivity contribution in [2.75, 3.05) is 7.11 Å². The Morgan fingerprint density at radius 3 is 2.29 bits per heavy atom. The maximum absolute atomic E-state index is 11.9. The van der Waals surface area contributed by atoms with Crippen molar-refractivity contribution < 1.29 is 9.13 Å². The fourth-order valence-corrected chi connectivity index (χ4v) is 0.201. The summed E-state index contributed by atoms with van der Waals surface area (Å²) in [5, 5.41) is 0. The molecule has 2 heteroatoms. The molecule has 0 N–H and O–H groups in total. The van der Waals surface area contributed by atoms with E-state index < -0.39 is 6.36 Å². The summed E-state index contributed by atoms with van der Waals surface area (Å²) < 4.78 is 16.2. The lowest BCUT2D eigenvalue weighted by molar-refractivity contribution is 0.0260. The summed E-state index contributed by atoms with van der Waals surface area (Å²) in [4.78, 5) is 0. The van der Waals surface area contributed by atoms with Crippen molar-refractivity contribution in [3.05, 3.63) is 12.2 Å². The van der Waals surface area contributed by atoms with Crippen LogP contribution in [0.15, 0.2) is 12.2 Å². The van der Waals surface area contributed by atoms with Gasteiger partial charge >= 0.3 is 0 Å². The number of methoxy groups -OCH3 is 1. The minimum Gasteiger partial charge on any atom is -0.348 e. The number of alkyl halides is 1. The lowest BCUT2D eigenvalue weighted by Crippen LogP contribution is -2.01. The van der Waals surface area contributed by atoms with Crippen LogP contribution in [0.5, 0.6) is 0 Å². The largest absolute Gasteiger partial charge is 0.348 e. The van der Waals surface area contributed by atoms with E-state index in [0.29, 0.717) is 5.57 Å². The van der Waals surface area contributed by atoms with Crippen molar-refractivity contribution >= 4 is 0 Å². The van der Waals surface area contributed by atoms with Crippen LogP contribution in [0.25, 0.3) is 0 Å². The van der Waals surface area contributed by atoms with Gasteiger partial charge in [0.25, 0.3) is 0 Å². The third kappa shape index (κ3) is 2.34. The van der Waals surface area contributed by atoms with Crippen LogP contribution in [0, 0.1) is 0 Å². The minimum absolute atomic E-state index is 0.405. The number of rotatable bonds is 2. The van der Waals surface area contributed by atoms with Gasteiger partial charge in [0.15, 0.2) is 0 Å². The molecule has 42 valence electrons. The quantitative estimate of drug-likeness (QED) is 0.482. The van der Waals surface area contributed by atoms with E-state index in [4.69, 9.17) is 0 Å². The second-order valence-electron chi connectivity index (χ2n) is 1.40. The first-order valence-corrected chi connectivity index (χ1v) is 2.00. The van der Waals surface area contributed by atoms with Crippen LogP contribution in [0.4, 0.5) is 4.39 Å².